The minimum absolute atomic E-state index is 0.00273. The summed E-state index contributed by atoms with van der Waals surface area (Å²) in [6, 6.07) is 13.0. The molecule has 1 aliphatic rings. The number of nitrogens with zero attached hydrogens (tertiary/aromatic N) is 2. The van der Waals surface area contributed by atoms with Crippen molar-refractivity contribution in [1.29, 1.82) is 0 Å². The van der Waals surface area contributed by atoms with Crippen molar-refractivity contribution in [3.8, 4) is 5.75 Å². The third-order valence-electron chi connectivity index (χ3n) is 4.02. The first kappa shape index (κ1) is 19.2. The lowest BCUT2D eigenvalue weighted by molar-refractivity contribution is -0.384. The number of likely N-dealkylation sites (N-methyl/N-ethyl adjacent to an activating group) is 1. The molecule has 142 valence electrons. The molecule has 1 saturated heterocycles. The van der Waals surface area contributed by atoms with Crippen LogP contribution in [0, 0.1) is 10.1 Å². The Morgan fingerprint density at radius 1 is 1.21 bits per heavy atom. The number of nitro groups is 1. The molecule has 28 heavy (non-hydrogen) atoms. The number of carbonyl (C=O) groups is 2. The van der Waals surface area contributed by atoms with E-state index in [-0.39, 0.29) is 23.0 Å². The van der Waals surface area contributed by atoms with Crippen molar-refractivity contribution in [2.75, 3.05) is 7.05 Å². The van der Waals surface area contributed by atoms with Crippen molar-refractivity contribution in [3.63, 3.8) is 0 Å². The largest absolute Gasteiger partial charge is 0.489 e. The second-order valence-corrected chi connectivity index (χ2v) is 6.35. The highest BCUT2D eigenvalue weighted by molar-refractivity contribution is 7.80. The molecule has 0 radical (unpaired) electrons. The van der Waals surface area contributed by atoms with Gasteiger partial charge in [-0.15, -0.1) is 0 Å². The van der Waals surface area contributed by atoms with Crippen molar-refractivity contribution in [1.82, 2.24) is 10.2 Å². The number of nitro benzene ring substituents is 1. The molecule has 9 heteroatoms. The molecule has 1 aliphatic heterocycles. The van der Waals surface area contributed by atoms with Crippen LogP contribution in [0.25, 0.3) is 6.08 Å². The summed E-state index contributed by atoms with van der Waals surface area (Å²) in [6.45, 7) is 0.172. The summed E-state index contributed by atoms with van der Waals surface area (Å²) in [7, 11) is 1.49. The van der Waals surface area contributed by atoms with E-state index in [0.29, 0.717) is 16.9 Å². The van der Waals surface area contributed by atoms with Crippen LogP contribution in [-0.2, 0) is 16.2 Å². The van der Waals surface area contributed by atoms with Gasteiger partial charge in [-0.3, -0.25) is 29.9 Å². The molecule has 1 N–H and O–H groups in total. The Balaban J connectivity index is 1.69. The first-order valence-electron chi connectivity index (χ1n) is 8.16. The van der Waals surface area contributed by atoms with Crippen LogP contribution in [0.1, 0.15) is 11.1 Å². The quantitative estimate of drug-likeness (QED) is 0.273. The van der Waals surface area contributed by atoms with Gasteiger partial charge in [-0.05, 0) is 41.6 Å². The van der Waals surface area contributed by atoms with Crippen molar-refractivity contribution in [3.05, 3.63) is 75.3 Å². The molecule has 2 amide bonds. The number of hydrogen-bond acceptors (Lipinski definition) is 6. The zero-order valence-electron chi connectivity index (χ0n) is 14.7. The van der Waals surface area contributed by atoms with Gasteiger partial charge in [0.05, 0.1) is 4.92 Å². The zero-order chi connectivity index (χ0) is 20.3. The minimum atomic E-state index is -0.543. The lowest BCUT2D eigenvalue weighted by atomic mass is 10.1. The van der Waals surface area contributed by atoms with Crippen LogP contribution in [0.15, 0.2) is 54.1 Å². The summed E-state index contributed by atoms with van der Waals surface area (Å²) in [5, 5.41) is 13.3. The summed E-state index contributed by atoms with van der Waals surface area (Å²) in [5.74, 6) is -0.467. The number of nitrogens with one attached hydrogen (secondary N) is 1. The highest BCUT2D eigenvalue weighted by Crippen LogP contribution is 2.19. The van der Waals surface area contributed by atoms with Crippen molar-refractivity contribution in [2.24, 2.45) is 0 Å². The summed E-state index contributed by atoms with van der Waals surface area (Å²) in [4.78, 5) is 35.7. The zero-order valence-corrected chi connectivity index (χ0v) is 15.6. The Bertz CT molecular complexity index is 1000. The van der Waals surface area contributed by atoms with Gasteiger partial charge in [-0.2, -0.15) is 0 Å². The minimum Gasteiger partial charge on any atom is -0.489 e. The number of non-ortho nitro benzene ring substituents is 1. The molecular weight excluding hydrogens is 382 g/mol. The molecule has 0 aliphatic carbocycles. The third kappa shape index (κ3) is 4.21. The third-order valence-corrected chi connectivity index (χ3v) is 4.40. The SMILES string of the molecule is CN1C(=O)/C(=C/c2ccc(OCc3cccc([N+](=O)[O-])c3)cc2)C(=O)NC1=S. The summed E-state index contributed by atoms with van der Waals surface area (Å²) in [5.41, 5.74) is 1.30. The number of hydrogen-bond donors (Lipinski definition) is 1. The van der Waals surface area contributed by atoms with Crippen molar-refractivity contribution < 1.29 is 19.2 Å². The monoisotopic (exact) mass is 397 g/mol. The van der Waals surface area contributed by atoms with E-state index >= 15 is 0 Å². The molecular formula is C19H15N3O5S. The van der Waals surface area contributed by atoms with Crippen LogP contribution in [0.3, 0.4) is 0 Å². The molecule has 0 unspecified atom stereocenters. The average molecular weight is 397 g/mol. The molecule has 1 fully saturated rings. The smallest absolute Gasteiger partial charge is 0.269 e. The van der Waals surface area contributed by atoms with Crippen LogP contribution in [-0.4, -0.2) is 33.8 Å². The van der Waals surface area contributed by atoms with Gasteiger partial charge in [-0.25, -0.2) is 0 Å². The molecule has 3 rings (SSSR count). The molecule has 1 heterocycles. The molecule has 0 bridgehead atoms. The van der Waals surface area contributed by atoms with Gasteiger partial charge in [-0.1, -0.05) is 24.3 Å². The maximum Gasteiger partial charge on any atom is 0.269 e. The first-order chi connectivity index (χ1) is 13.3. The van der Waals surface area contributed by atoms with Gasteiger partial charge in [0.2, 0.25) is 0 Å². The van der Waals surface area contributed by atoms with Crippen LogP contribution in [0.2, 0.25) is 0 Å². The van der Waals surface area contributed by atoms with Crippen LogP contribution >= 0.6 is 12.2 Å². The molecule has 8 nitrogen and oxygen atoms in total. The topological polar surface area (TPSA) is 102 Å². The number of amides is 2. The van der Waals surface area contributed by atoms with Gasteiger partial charge in [0.1, 0.15) is 17.9 Å². The normalized spacial score (nSPS) is 15.5. The molecule has 2 aromatic carbocycles. The Morgan fingerprint density at radius 3 is 2.61 bits per heavy atom. The van der Waals surface area contributed by atoms with Crippen LogP contribution in [0.4, 0.5) is 5.69 Å². The maximum atomic E-state index is 12.2. The summed E-state index contributed by atoms with van der Waals surface area (Å²) >= 11 is 4.90. The molecule has 0 spiro atoms. The summed E-state index contributed by atoms with van der Waals surface area (Å²) in [6.07, 6.45) is 1.47. The van der Waals surface area contributed by atoms with E-state index in [1.165, 1.54) is 30.2 Å². The Hall–Kier alpha value is -3.59. The Kier molecular flexibility index (Phi) is 5.46. The molecule has 0 aromatic heterocycles. The predicted octanol–water partition coefficient (Wildman–Crippen LogP) is 2.43. The predicted molar refractivity (Wildman–Crippen MR) is 105 cm³/mol. The number of benzene rings is 2. The molecule has 0 saturated carbocycles. The van der Waals surface area contributed by atoms with E-state index in [1.807, 2.05) is 0 Å². The number of thiocarbonyl (C=S) groups is 1. The Morgan fingerprint density at radius 2 is 1.93 bits per heavy atom. The first-order valence-corrected chi connectivity index (χ1v) is 8.57. The van der Waals surface area contributed by atoms with Crippen LogP contribution in [0.5, 0.6) is 5.75 Å². The maximum absolute atomic E-state index is 12.2. The van der Waals surface area contributed by atoms with Gasteiger partial charge in [0, 0.05) is 19.2 Å². The molecule has 0 atom stereocenters. The lowest BCUT2D eigenvalue weighted by Crippen LogP contribution is -2.52. The lowest BCUT2D eigenvalue weighted by Gasteiger charge is -2.25. The highest BCUT2D eigenvalue weighted by Gasteiger charge is 2.30. The van der Waals surface area contributed by atoms with E-state index in [1.54, 1.807) is 36.4 Å². The second kappa shape index (κ2) is 7.97. The van der Waals surface area contributed by atoms with Crippen molar-refractivity contribution in [2.45, 2.75) is 6.61 Å². The fourth-order valence-corrected chi connectivity index (χ4v) is 2.67. The van der Waals surface area contributed by atoms with Crippen LogP contribution < -0.4 is 10.1 Å². The number of ether oxygens (including phenoxy) is 1. The van der Waals surface area contributed by atoms with Crippen molar-refractivity contribution >= 4 is 40.9 Å². The fourth-order valence-electron chi connectivity index (χ4n) is 2.50. The molecule has 2 aromatic rings. The van der Waals surface area contributed by atoms with Gasteiger partial charge < -0.3 is 4.74 Å². The number of rotatable bonds is 5. The van der Waals surface area contributed by atoms with E-state index in [9.17, 15) is 19.7 Å². The number of carbonyl (C=O) groups excluding carboxylic acids is 2. The second-order valence-electron chi connectivity index (χ2n) is 5.97. The van der Waals surface area contributed by atoms with E-state index in [4.69, 9.17) is 17.0 Å². The highest BCUT2D eigenvalue weighted by atomic mass is 32.1. The van der Waals surface area contributed by atoms with E-state index < -0.39 is 16.7 Å². The fraction of sp³-hybridized carbons (Fsp3) is 0.105. The summed E-state index contributed by atoms with van der Waals surface area (Å²) < 4.78 is 5.63. The van der Waals surface area contributed by atoms with Gasteiger partial charge >= 0.3 is 0 Å². The Labute approximate surface area is 165 Å². The average Bonchev–Trinajstić information content (AvgIpc) is 2.69. The standard InChI is InChI=1S/C19H15N3O5S/c1-21-18(24)16(17(23)20-19(21)28)10-12-5-7-15(8-6-12)27-11-13-3-2-4-14(9-13)22(25)26/h2-10H,11H2,1H3,(H,20,23,28)/b16-10+. The van der Waals surface area contributed by atoms with E-state index in [2.05, 4.69) is 5.32 Å². The van der Waals surface area contributed by atoms with Gasteiger partial charge in [0.15, 0.2) is 5.11 Å². The van der Waals surface area contributed by atoms with E-state index in [0.717, 1.165) is 0 Å². The van der Waals surface area contributed by atoms with Gasteiger partial charge in [0.25, 0.3) is 17.5 Å².